The Balaban J connectivity index is 1.66. The lowest BCUT2D eigenvalue weighted by Gasteiger charge is -2.14. The quantitative estimate of drug-likeness (QED) is 0.154. The van der Waals surface area contributed by atoms with Crippen molar-refractivity contribution in [3.8, 4) is 16.9 Å². The van der Waals surface area contributed by atoms with Gasteiger partial charge in [-0.2, -0.15) is 15.2 Å². The maximum Gasteiger partial charge on any atom is 0.335 e. The van der Waals surface area contributed by atoms with Crippen molar-refractivity contribution in [1.82, 2.24) is 0 Å². The van der Waals surface area contributed by atoms with Crippen molar-refractivity contribution in [1.29, 1.82) is 0 Å². The monoisotopic (exact) mass is 504 g/mol. The summed E-state index contributed by atoms with van der Waals surface area (Å²) in [7, 11) is 0. The van der Waals surface area contributed by atoms with Crippen LogP contribution in [0.5, 0.6) is 5.75 Å². The van der Waals surface area contributed by atoms with Crippen LogP contribution in [0.4, 0.5) is 33.3 Å². The summed E-state index contributed by atoms with van der Waals surface area (Å²) in [4.78, 5) is 23.9. The number of amides is 1. The van der Waals surface area contributed by atoms with Crippen LogP contribution in [-0.2, 0) is 4.79 Å². The summed E-state index contributed by atoms with van der Waals surface area (Å²) < 4.78 is 68.8. The Bertz CT molecular complexity index is 1480. The first-order valence-corrected chi connectivity index (χ1v) is 9.93. The third-order valence-electron chi connectivity index (χ3n) is 5.13. The van der Waals surface area contributed by atoms with E-state index in [-0.39, 0.29) is 33.3 Å². The van der Waals surface area contributed by atoms with Gasteiger partial charge in [0.1, 0.15) is 11.4 Å². The molecule has 0 unspecified atom stereocenters. The molecule has 0 bridgehead atoms. The minimum absolute atomic E-state index is 0.000207. The number of aromatic carboxylic acids is 1. The van der Waals surface area contributed by atoms with Gasteiger partial charge in [0.2, 0.25) is 5.82 Å². The number of carbonyl (C=O) groups excluding carboxylic acids is 1. The molecule has 1 aliphatic heterocycles. The molecule has 184 valence electrons. The molecule has 13 heteroatoms. The largest absolute Gasteiger partial charge is 0.505 e. The highest BCUT2D eigenvalue weighted by atomic mass is 19.2. The number of phenolic OH excluding ortho intramolecular Hbond substituents is 1. The number of anilines is 2. The molecule has 0 fully saturated rings. The summed E-state index contributed by atoms with van der Waals surface area (Å²) in [6, 6.07) is 10.1. The van der Waals surface area contributed by atoms with Crippen LogP contribution >= 0.6 is 0 Å². The zero-order chi connectivity index (χ0) is 26.3. The molecule has 3 N–H and O–H groups in total. The Morgan fingerprint density at radius 2 is 1.58 bits per heavy atom. The number of hydrazone groups is 2. The van der Waals surface area contributed by atoms with Crippen LogP contribution in [0, 0.1) is 29.1 Å². The summed E-state index contributed by atoms with van der Waals surface area (Å²) in [6.45, 7) is 1.21. The van der Waals surface area contributed by atoms with Crippen LogP contribution in [0.2, 0.25) is 0 Å². The van der Waals surface area contributed by atoms with E-state index in [0.717, 1.165) is 0 Å². The molecule has 0 atom stereocenters. The van der Waals surface area contributed by atoms with Crippen molar-refractivity contribution >= 4 is 34.7 Å². The fraction of sp³-hybridized carbons (Fsp3) is 0.0435. The number of carboxylic acid groups (broad SMARTS) is 1. The van der Waals surface area contributed by atoms with Gasteiger partial charge in [-0.05, 0) is 30.7 Å². The first-order valence-electron chi connectivity index (χ1n) is 9.93. The highest BCUT2D eigenvalue weighted by Crippen LogP contribution is 2.36. The number of phenols is 1. The Kier molecular flexibility index (Phi) is 6.14. The van der Waals surface area contributed by atoms with Crippen LogP contribution in [-0.4, -0.2) is 33.5 Å². The van der Waals surface area contributed by atoms with Gasteiger partial charge < -0.3 is 10.2 Å². The lowest BCUT2D eigenvalue weighted by molar-refractivity contribution is -0.112. The molecular weight excluding hydrogens is 491 g/mol. The number of hydrogen-bond acceptors (Lipinski definition) is 6. The van der Waals surface area contributed by atoms with Gasteiger partial charge >= 0.3 is 11.9 Å². The van der Waals surface area contributed by atoms with Gasteiger partial charge in [0.05, 0.1) is 17.0 Å². The minimum Gasteiger partial charge on any atom is -0.505 e. The second-order valence-corrected chi connectivity index (χ2v) is 7.38. The van der Waals surface area contributed by atoms with Gasteiger partial charge in [-0.1, -0.05) is 24.3 Å². The second-order valence-electron chi connectivity index (χ2n) is 7.38. The van der Waals surface area contributed by atoms with E-state index in [4.69, 9.17) is 0 Å². The molecule has 1 heterocycles. The number of rotatable bonds is 5. The zero-order valence-electron chi connectivity index (χ0n) is 18.0. The van der Waals surface area contributed by atoms with Gasteiger partial charge in [-0.25, -0.2) is 26.7 Å². The SMILES string of the molecule is CC1=NN(c2c(F)c(F)c(F)c(F)c2F)C(=O)C1=NNc1cccc(-c2cccc(C(=O)O)c2)c1O. The van der Waals surface area contributed by atoms with Crippen LogP contribution in [0.3, 0.4) is 0 Å². The fourth-order valence-corrected chi connectivity index (χ4v) is 3.36. The maximum absolute atomic E-state index is 14.2. The average Bonchev–Trinajstić information content (AvgIpc) is 3.13. The number of aromatic hydroxyl groups is 1. The van der Waals surface area contributed by atoms with Gasteiger partial charge in [0.25, 0.3) is 0 Å². The van der Waals surface area contributed by atoms with Crippen molar-refractivity contribution in [2.24, 2.45) is 10.2 Å². The number of carboxylic acids is 1. The molecule has 8 nitrogen and oxygen atoms in total. The first-order chi connectivity index (χ1) is 17.0. The molecule has 36 heavy (non-hydrogen) atoms. The highest BCUT2D eigenvalue weighted by molar-refractivity contribution is 6.71. The molecule has 0 saturated heterocycles. The van der Waals surface area contributed by atoms with Gasteiger partial charge in [-0.15, -0.1) is 0 Å². The molecule has 0 aliphatic carbocycles. The number of nitrogens with zero attached hydrogens (tertiary/aromatic N) is 3. The third-order valence-corrected chi connectivity index (χ3v) is 5.13. The van der Waals surface area contributed by atoms with Gasteiger partial charge in [0.15, 0.2) is 29.0 Å². The maximum atomic E-state index is 14.2. The van der Waals surface area contributed by atoms with Crippen molar-refractivity contribution in [3.05, 3.63) is 77.1 Å². The van der Waals surface area contributed by atoms with Crippen molar-refractivity contribution in [3.63, 3.8) is 0 Å². The van der Waals surface area contributed by atoms with Crippen molar-refractivity contribution in [2.45, 2.75) is 6.92 Å². The summed E-state index contributed by atoms with van der Waals surface area (Å²) in [5.74, 6) is -14.2. The van der Waals surface area contributed by atoms with E-state index in [1.165, 1.54) is 43.3 Å². The molecular formula is C23H13F5N4O4. The molecule has 3 aromatic rings. The Morgan fingerprint density at radius 1 is 0.972 bits per heavy atom. The van der Waals surface area contributed by atoms with Crippen LogP contribution in [0.25, 0.3) is 11.1 Å². The predicted octanol–water partition coefficient (Wildman–Crippen LogP) is 4.64. The van der Waals surface area contributed by atoms with Crippen LogP contribution in [0.15, 0.2) is 52.7 Å². The standard InChI is InChI=1S/C23H13F5N4O4/c1-9-19(22(34)32(31-9)20-17(27)15(25)14(24)16(26)18(20)28)30-29-13-7-3-6-12(21(13)33)10-4-2-5-11(8-10)23(35)36/h2-8,29,33H,1H3,(H,35,36). The van der Waals surface area contributed by atoms with Gasteiger partial charge in [0, 0.05) is 5.56 Å². The molecule has 3 aromatic carbocycles. The second kappa shape index (κ2) is 9.09. The molecule has 0 radical (unpaired) electrons. The molecule has 1 aliphatic rings. The van der Waals surface area contributed by atoms with E-state index in [1.54, 1.807) is 6.07 Å². The Hall–Kier alpha value is -4.81. The van der Waals surface area contributed by atoms with Crippen LogP contribution in [0.1, 0.15) is 17.3 Å². The van der Waals surface area contributed by atoms with Gasteiger partial charge in [-0.3, -0.25) is 10.2 Å². The summed E-state index contributed by atoms with van der Waals surface area (Å²) in [5, 5.41) is 27.1. The Labute approximate surface area is 198 Å². The lowest BCUT2D eigenvalue weighted by atomic mass is 10.0. The minimum atomic E-state index is -2.39. The zero-order valence-corrected chi connectivity index (χ0v) is 18.0. The van der Waals surface area contributed by atoms with E-state index in [9.17, 15) is 41.8 Å². The average molecular weight is 504 g/mol. The number of halogens is 5. The topological polar surface area (TPSA) is 115 Å². The summed E-state index contributed by atoms with van der Waals surface area (Å²) in [5.41, 5.74) is 0.580. The number of hydrogen-bond donors (Lipinski definition) is 3. The predicted molar refractivity (Wildman–Crippen MR) is 118 cm³/mol. The van der Waals surface area contributed by atoms with Crippen molar-refractivity contribution < 1.29 is 41.8 Å². The summed E-state index contributed by atoms with van der Waals surface area (Å²) >= 11 is 0. The van der Waals surface area contributed by atoms with E-state index < -0.39 is 52.4 Å². The van der Waals surface area contributed by atoms with Crippen molar-refractivity contribution in [2.75, 3.05) is 10.4 Å². The van der Waals surface area contributed by atoms with E-state index >= 15 is 0 Å². The number of benzene rings is 3. The number of para-hydroxylation sites is 1. The smallest absolute Gasteiger partial charge is 0.335 e. The number of nitrogens with one attached hydrogen (secondary N) is 1. The van der Waals surface area contributed by atoms with Crippen LogP contribution < -0.4 is 10.4 Å². The molecule has 0 saturated carbocycles. The Morgan fingerprint density at radius 3 is 2.22 bits per heavy atom. The summed E-state index contributed by atoms with van der Waals surface area (Å²) in [6.07, 6.45) is 0. The van der Waals surface area contributed by atoms with E-state index in [2.05, 4.69) is 15.6 Å². The fourth-order valence-electron chi connectivity index (χ4n) is 3.36. The molecule has 0 aromatic heterocycles. The molecule has 0 spiro atoms. The first kappa shape index (κ1) is 24.3. The molecule has 4 rings (SSSR count). The van der Waals surface area contributed by atoms with E-state index in [1.807, 2.05) is 0 Å². The normalized spacial score (nSPS) is 14.4. The van der Waals surface area contributed by atoms with E-state index in [0.29, 0.717) is 5.56 Å². The third kappa shape index (κ3) is 4.00. The molecule has 1 amide bonds. The lowest BCUT2D eigenvalue weighted by Crippen LogP contribution is -2.30. The number of carbonyl (C=O) groups is 2. The highest BCUT2D eigenvalue weighted by Gasteiger charge is 2.38.